The summed E-state index contributed by atoms with van der Waals surface area (Å²) < 4.78 is 0. The molecule has 0 atom stereocenters. The van der Waals surface area contributed by atoms with Crippen LogP contribution in [0.1, 0.15) is 15.9 Å². The predicted octanol–water partition coefficient (Wildman–Crippen LogP) is 3.14. The molecule has 0 saturated heterocycles. The topological polar surface area (TPSA) is 29.4 Å². The zero-order chi connectivity index (χ0) is 11.9. The monoisotopic (exact) mass is 223 g/mol. The molecule has 0 saturated carbocycles. The van der Waals surface area contributed by atoms with Crippen LogP contribution in [0.25, 0.3) is 0 Å². The van der Waals surface area contributed by atoms with Gasteiger partial charge in [0.25, 0.3) is 0 Å². The van der Waals surface area contributed by atoms with Crippen LogP contribution in [0.5, 0.6) is 0 Å². The van der Waals surface area contributed by atoms with Crippen LogP contribution in [0.3, 0.4) is 0 Å². The van der Waals surface area contributed by atoms with Crippen LogP contribution in [-0.2, 0) is 6.54 Å². The van der Waals surface area contributed by atoms with E-state index in [1.165, 1.54) is 6.21 Å². The fraction of sp³-hybridized carbons (Fsp3) is 0.0667. The molecule has 0 aliphatic rings. The van der Waals surface area contributed by atoms with Crippen LogP contribution < -0.4 is 0 Å². The molecular formula is C15H13NO. The number of hydrogen-bond donors (Lipinski definition) is 0. The molecule has 0 aliphatic carbocycles. The van der Waals surface area contributed by atoms with Gasteiger partial charge in [0.1, 0.15) is 0 Å². The van der Waals surface area contributed by atoms with Crippen LogP contribution in [-0.4, -0.2) is 12.0 Å². The molecule has 2 heteroatoms. The Bertz CT molecular complexity index is 503. The summed E-state index contributed by atoms with van der Waals surface area (Å²) in [7, 11) is 0. The van der Waals surface area contributed by atoms with Crippen LogP contribution in [0.4, 0.5) is 0 Å². The lowest BCUT2D eigenvalue weighted by atomic mass is 10.1. The summed E-state index contributed by atoms with van der Waals surface area (Å²) >= 11 is 0. The maximum Gasteiger partial charge on any atom is 0.203 e. The van der Waals surface area contributed by atoms with Crippen molar-refractivity contribution in [3.8, 4) is 0 Å². The number of benzene rings is 2. The Balaban J connectivity index is 1.96. The van der Waals surface area contributed by atoms with E-state index in [0.29, 0.717) is 12.1 Å². The lowest BCUT2D eigenvalue weighted by Crippen LogP contribution is -1.99. The largest absolute Gasteiger partial charge is 0.288 e. The van der Waals surface area contributed by atoms with Gasteiger partial charge in [0.15, 0.2) is 0 Å². The van der Waals surface area contributed by atoms with Gasteiger partial charge in [0.05, 0.1) is 12.8 Å². The van der Waals surface area contributed by atoms with Crippen molar-refractivity contribution >= 4 is 12.0 Å². The smallest absolute Gasteiger partial charge is 0.203 e. The second-order valence-corrected chi connectivity index (χ2v) is 3.69. The number of ketones is 1. The average Bonchev–Trinajstić information content (AvgIpc) is 2.41. The number of nitrogens with zero attached hydrogens (tertiary/aromatic N) is 1. The van der Waals surface area contributed by atoms with Crippen molar-refractivity contribution in [2.24, 2.45) is 4.99 Å². The highest BCUT2D eigenvalue weighted by Crippen LogP contribution is 2.01. The predicted molar refractivity (Wildman–Crippen MR) is 69.4 cm³/mol. The fourth-order valence-corrected chi connectivity index (χ4v) is 1.49. The standard InChI is InChI=1S/C15H13NO/c17-15(14-9-5-2-6-10-14)12-16-11-13-7-3-1-4-8-13/h1-10,12H,11H2. The van der Waals surface area contributed by atoms with Gasteiger partial charge < -0.3 is 0 Å². The van der Waals surface area contributed by atoms with E-state index in [1.54, 1.807) is 12.1 Å². The van der Waals surface area contributed by atoms with E-state index in [1.807, 2.05) is 48.5 Å². The van der Waals surface area contributed by atoms with Crippen LogP contribution in [0, 0.1) is 0 Å². The second kappa shape index (κ2) is 5.75. The molecule has 2 nitrogen and oxygen atoms in total. The van der Waals surface area contributed by atoms with E-state index in [-0.39, 0.29) is 5.78 Å². The van der Waals surface area contributed by atoms with Gasteiger partial charge in [0.2, 0.25) is 5.78 Å². The summed E-state index contributed by atoms with van der Waals surface area (Å²) in [5.74, 6) is -0.0541. The average molecular weight is 223 g/mol. The summed E-state index contributed by atoms with van der Waals surface area (Å²) in [6, 6.07) is 19.0. The van der Waals surface area contributed by atoms with Crippen molar-refractivity contribution in [1.29, 1.82) is 0 Å². The molecule has 0 aliphatic heterocycles. The molecule has 2 rings (SSSR count). The summed E-state index contributed by atoms with van der Waals surface area (Å²) in [6.07, 6.45) is 1.39. The number of Topliss-reactive ketones (excluding diaryl/α,β-unsaturated/α-hetero) is 1. The Kier molecular flexibility index (Phi) is 3.81. The van der Waals surface area contributed by atoms with E-state index < -0.39 is 0 Å². The minimum Gasteiger partial charge on any atom is -0.288 e. The summed E-state index contributed by atoms with van der Waals surface area (Å²) in [5.41, 5.74) is 1.77. The van der Waals surface area contributed by atoms with E-state index in [2.05, 4.69) is 4.99 Å². The first-order valence-electron chi connectivity index (χ1n) is 5.49. The number of aliphatic imine (C=N–C) groups is 1. The quantitative estimate of drug-likeness (QED) is 0.578. The molecule has 0 amide bonds. The summed E-state index contributed by atoms with van der Waals surface area (Å²) in [5, 5.41) is 0. The van der Waals surface area contributed by atoms with E-state index >= 15 is 0 Å². The highest BCUT2D eigenvalue weighted by atomic mass is 16.1. The van der Waals surface area contributed by atoms with Gasteiger partial charge in [-0.1, -0.05) is 60.7 Å². The minimum absolute atomic E-state index is 0.0541. The molecule has 2 aromatic carbocycles. The van der Waals surface area contributed by atoms with Gasteiger partial charge in [0, 0.05) is 5.56 Å². The molecule has 0 spiro atoms. The molecule has 0 N–H and O–H groups in total. The normalized spacial score (nSPS) is 10.6. The van der Waals surface area contributed by atoms with E-state index in [4.69, 9.17) is 0 Å². The van der Waals surface area contributed by atoms with Crippen molar-refractivity contribution in [2.75, 3.05) is 0 Å². The SMILES string of the molecule is O=C(C=NCc1ccccc1)c1ccccc1. The molecule has 17 heavy (non-hydrogen) atoms. The molecule has 0 unspecified atom stereocenters. The molecule has 0 fully saturated rings. The van der Waals surface area contributed by atoms with Crippen molar-refractivity contribution in [2.45, 2.75) is 6.54 Å². The number of hydrogen-bond acceptors (Lipinski definition) is 2. The molecular weight excluding hydrogens is 210 g/mol. The number of carbonyl (C=O) groups is 1. The molecule has 0 radical (unpaired) electrons. The Hall–Kier alpha value is -2.22. The molecule has 84 valence electrons. The molecule has 2 aromatic rings. The van der Waals surface area contributed by atoms with Gasteiger partial charge in [-0.2, -0.15) is 0 Å². The molecule has 0 heterocycles. The van der Waals surface area contributed by atoms with Crippen LogP contribution in [0.2, 0.25) is 0 Å². The maximum atomic E-state index is 11.7. The maximum absolute atomic E-state index is 11.7. The summed E-state index contributed by atoms with van der Waals surface area (Å²) in [4.78, 5) is 15.8. The van der Waals surface area contributed by atoms with Gasteiger partial charge in [-0.25, -0.2) is 0 Å². The Morgan fingerprint density at radius 2 is 1.53 bits per heavy atom. The highest BCUT2D eigenvalue weighted by molar-refractivity contribution is 6.35. The third-order valence-electron chi connectivity index (χ3n) is 2.38. The zero-order valence-corrected chi connectivity index (χ0v) is 9.41. The van der Waals surface area contributed by atoms with Crippen molar-refractivity contribution in [1.82, 2.24) is 0 Å². The van der Waals surface area contributed by atoms with Crippen LogP contribution in [0.15, 0.2) is 65.7 Å². The first-order valence-corrected chi connectivity index (χ1v) is 5.49. The van der Waals surface area contributed by atoms with E-state index in [9.17, 15) is 4.79 Å². The Labute approximate surface area is 101 Å². The lowest BCUT2D eigenvalue weighted by molar-refractivity contribution is 0.107. The highest BCUT2D eigenvalue weighted by Gasteiger charge is 1.99. The third-order valence-corrected chi connectivity index (χ3v) is 2.38. The first-order chi connectivity index (χ1) is 8.36. The van der Waals surface area contributed by atoms with Crippen molar-refractivity contribution in [3.63, 3.8) is 0 Å². The third kappa shape index (κ3) is 3.38. The van der Waals surface area contributed by atoms with Crippen molar-refractivity contribution < 1.29 is 4.79 Å². The number of rotatable bonds is 4. The zero-order valence-electron chi connectivity index (χ0n) is 9.41. The van der Waals surface area contributed by atoms with Gasteiger partial charge in [-0.05, 0) is 5.56 Å². The Morgan fingerprint density at radius 3 is 2.18 bits per heavy atom. The minimum atomic E-state index is -0.0541. The van der Waals surface area contributed by atoms with Gasteiger partial charge in [-0.15, -0.1) is 0 Å². The fourth-order valence-electron chi connectivity index (χ4n) is 1.49. The Morgan fingerprint density at radius 1 is 0.941 bits per heavy atom. The van der Waals surface area contributed by atoms with Gasteiger partial charge >= 0.3 is 0 Å². The first kappa shape index (κ1) is 11.3. The van der Waals surface area contributed by atoms with Gasteiger partial charge in [-0.3, -0.25) is 9.79 Å². The number of carbonyl (C=O) groups excluding carboxylic acids is 1. The second-order valence-electron chi connectivity index (χ2n) is 3.69. The summed E-state index contributed by atoms with van der Waals surface area (Å²) in [6.45, 7) is 0.541. The van der Waals surface area contributed by atoms with E-state index in [0.717, 1.165) is 5.56 Å². The molecule has 0 bridgehead atoms. The molecule has 0 aromatic heterocycles. The van der Waals surface area contributed by atoms with Crippen molar-refractivity contribution in [3.05, 3.63) is 71.8 Å². The van der Waals surface area contributed by atoms with Crippen LogP contribution >= 0.6 is 0 Å². The lowest BCUT2D eigenvalue weighted by Gasteiger charge is -1.95.